The molecule has 0 radical (unpaired) electrons. The van der Waals surface area contributed by atoms with E-state index in [0.29, 0.717) is 12.2 Å². The van der Waals surface area contributed by atoms with Crippen LogP contribution in [0.2, 0.25) is 0 Å². The minimum atomic E-state index is -0.400. The van der Waals surface area contributed by atoms with Crippen LogP contribution in [0.3, 0.4) is 0 Å². The average Bonchev–Trinajstić information content (AvgIpc) is 2.62. The molecule has 0 aliphatic carbocycles. The lowest BCUT2D eigenvalue weighted by atomic mass is 10.1. The standard InChI is InChI=1S/C21H19BrN2O2/c1-14-5-10-18(12-15(14)2)23-20(25)19-4-3-11-24(21(19)26)13-16-6-8-17(22)9-7-16/h3-12H,13H2,1-2H3,(H,23,25). The number of pyridine rings is 1. The molecular weight excluding hydrogens is 392 g/mol. The molecule has 0 aliphatic heterocycles. The van der Waals surface area contributed by atoms with Gasteiger partial charge in [0.1, 0.15) is 5.56 Å². The van der Waals surface area contributed by atoms with E-state index in [4.69, 9.17) is 0 Å². The minimum absolute atomic E-state index is 0.128. The van der Waals surface area contributed by atoms with Gasteiger partial charge in [-0.15, -0.1) is 0 Å². The molecule has 0 spiro atoms. The molecule has 3 aromatic rings. The molecule has 3 rings (SSSR count). The summed E-state index contributed by atoms with van der Waals surface area (Å²) in [5, 5.41) is 2.81. The fraction of sp³-hybridized carbons (Fsp3) is 0.143. The predicted molar refractivity (Wildman–Crippen MR) is 108 cm³/mol. The highest BCUT2D eigenvalue weighted by atomic mass is 79.9. The number of hydrogen-bond donors (Lipinski definition) is 1. The van der Waals surface area contributed by atoms with Gasteiger partial charge < -0.3 is 9.88 Å². The topological polar surface area (TPSA) is 51.1 Å². The first-order valence-electron chi connectivity index (χ1n) is 8.26. The van der Waals surface area contributed by atoms with Crippen LogP contribution in [0, 0.1) is 13.8 Å². The summed E-state index contributed by atoms with van der Waals surface area (Å²) in [5.41, 5.74) is 3.73. The molecular formula is C21H19BrN2O2. The Kier molecular flexibility index (Phi) is 5.38. The van der Waals surface area contributed by atoms with Crippen LogP contribution in [0.4, 0.5) is 5.69 Å². The molecule has 0 aliphatic rings. The van der Waals surface area contributed by atoms with E-state index in [1.807, 2.05) is 56.3 Å². The molecule has 1 aromatic heterocycles. The van der Waals surface area contributed by atoms with Crippen molar-refractivity contribution in [3.8, 4) is 0 Å². The number of amides is 1. The van der Waals surface area contributed by atoms with Crippen LogP contribution in [-0.2, 0) is 6.54 Å². The molecule has 0 saturated carbocycles. The van der Waals surface area contributed by atoms with Crippen LogP contribution in [0.5, 0.6) is 0 Å². The van der Waals surface area contributed by atoms with Gasteiger partial charge >= 0.3 is 0 Å². The van der Waals surface area contributed by atoms with Crippen LogP contribution in [0.1, 0.15) is 27.0 Å². The first-order chi connectivity index (χ1) is 12.4. The van der Waals surface area contributed by atoms with E-state index in [1.54, 1.807) is 22.9 Å². The number of carbonyl (C=O) groups is 1. The van der Waals surface area contributed by atoms with Crippen molar-refractivity contribution in [1.82, 2.24) is 4.57 Å². The number of carbonyl (C=O) groups excluding carboxylic acids is 1. The minimum Gasteiger partial charge on any atom is -0.322 e. The second-order valence-corrected chi connectivity index (χ2v) is 7.15. The smallest absolute Gasteiger partial charge is 0.263 e. The third kappa shape index (κ3) is 4.11. The lowest BCUT2D eigenvalue weighted by Crippen LogP contribution is -2.29. The van der Waals surface area contributed by atoms with Crippen LogP contribution in [0.25, 0.3) is 0 Å². The molecule has 4 nitrogen and oxygen atoms in total. The van der Waals surface area contributed by atoms with Crippen molar-refractivity contribution in [3.63, 3.8) is 0 Å². The summed E-state index contributed by atoms with van der Waals surface area (Å²) in [5.74, 6) is -0.400. The van der Waals surface area contributed by atoms with E-state index < -0.39 is 5.91 Å². The van der Waals surface area contributed by atoms with Gasteiger partial charge in [0.25, 0.3) is 11.5 Å². The third-order valence-electron chi connectivity index (χ3n) is 4.30. The molecule has 1 N–H and O–H groups in total. The Morgan fingerprint density at radius 2 is 1.77 bits per heavy atom. The summed E-state index contributed by atoms with van der Waals surface area (Å²) < 4.78 is 2.52. The van der Waals surface area contributed by atoms with Gasteiger partial charge in [-0.3, -0.25) is 9.59 Å². The fourth-order valence-electron chi connectivity index (χ4n) is 2.64. The first-order valence-corrected chi connectivity index (χ1v) is 9.06. The molecule has 5 heteroatoms. The molecule has 0 fully saturated rings. The van der Waals surface area contributed by atoms with Gasteiger partial charge in [-0.05, 0) is 66.9 Å². The number of benzene rings is 2. The van der Waals surface area contributed by atoms with Crippen molar-refractivity contribution in [3.05, 3.63) is 97.9 Å². The Morgan fingerprint density at radius 1 is 1.04 bits per heavy atom. The number of nitrogens with one attached hydrogen (secondary N) is 1. The van der Waals surface area contributed by atoms with Gasteiger partial charge in [0.2, 0.25) is 0 Å². The normalized spacial score (nSPS) is 10.6. The van der Waals surface area contributed by atoms with E-state index in [-0.39, 0.29) is 11.1 Å². The van der Waals surface area contributed by atoms with Crippen LogP contribution >= 0.6 is 15.9 Å². The highest BCUT2D eigenvalue weighted by molar-refractivity contribution is 9.10. The Morgan fingerprint density at radius 3 is 2.46 bits per heavy atom. The number of halogens is 1. The Labute approximate surface area is 160 Å². The molecule has 1 amide bonds. The number of nitrogens with zero attached hydrogens (tertiary/aromatic N) is 1. The van der Waals surface area contributed by atoms with E-state index in [2.05, 4.69) is 21.2 Å². The number of anilines is 1. The Hall–Kier alpha value is -2.66. The Balaban J connectivity index is 1.83. The second kappa shape index (κ2) is 7.70. The maximum atomic E-state index is 12.7. The van der Waals surface area contributed by atoms with Gasteiger partial charge in [0.15, 0.2) is 0 Å². The number of aromatic nitrogens is 1. The lowest BCUT2D eigenvalue weighted by Gasteiger charge is -2.10. The summed E-state index contributed by atoms with van der Waals surface area (Å²) in [6.45, 7) is 4.41. The molecule has 0 atom stereocenters. The second-order valence-electron chi connectivity index (χ2n) is 6.23. The molecule has 132 valence electrons. The number of rotatable bonds is 4. The molecule has 2 aromatic carbocycles. The molecule has 26 heavy (non-hydrogen) atoms. The summed E-state index contributed by atoms with van der Waals surface area (Å²) in [6, 6.07) is 16.7. The van der Waals surface area contributed by atoms with Crippen LogP contribution < -0.4 is 10.9 Å². The highest BCUT2D eigenvalue weighted by Gasteiger charge is 2.13. The molecule has 0 saturated heterocycles. The van der Waals surface area contributed by atoms with Crippen molar-refractivity contribution < 1.29 is 4.79 Å². The first kappa shape index (κ1) is 18.1. The SMILES string of the molecule is Cc1ccc(NC(=O)c2cccn(Cc3ccc(Br)cc3)c2=O)cc1C. The number of hydrogen-bond acceptors (Lipinski definition) is 2. The third-order valence-corrected chi connectivity index (χ3v) is 4.82. The van der Waals surface area contributed by atoms with Crippen molar-refractivity contribution in [2.75, 3.05) is 5.32 Å². The monoisotopic (exact) mass is 410 g/mol. The van der Waals surface area contributed by atoms with Gasteiger partial charge in [-0.25, -0.2) is 0 Å². The fourth-order valence-corrected chi connectivity index (χ4v) is 2.90. The zero-order valence-corrected chi connectivity index (χ0v) is 16.2. The van der Waals surface area contributed by atoms with E-state index in [0.717, 1.165) is 21.2 Å². The van der Waals surface area contributed by atoms with Crippen LogP contribution in [0.15, 0.2) is 70.1 Å². The summed E-state index contributed by atoms with van der Waals surface area (Å²) in [6.07, 6.45) is 1.69. The quantitative estimate of drug-likeness (QED) is 0.686. The van der Waals surface area contributed by atoms with Gasteiger partial charge in [0.05, 0.1) is 6.54 Å². The van der Waals surface area contributed by atoms with Crippen molar-refractivity contribution in [2.24, 2.45) is 0 Å². The lowest BCUT2D eigenvalue weighted by molar-refractivity contribution is 0.102. The maximum absolute atomic E-state index is 12.7. The van der Waals surface area contributed by atoms with E-state index in [1.165, 1.54) is 0 Å². The van der Waals surface area contributed by atoms with Crippen molar-refractivity contribution in [2.45, 2.75) is 20.4 Å². The van der Waals surface area contributed by atoms with E-state index in [9.17, 15) is 9.59 Å². The average molecular weight is 411 g/mol. The summed E-state index contributed by atoms with van der Waals surface area (Å²) in [7, 11) is 0. The maximum Gasteiger partial charge on any atom is 0.263 e. The van der Waals surface area contributed by atoms with Crippen molar-refractivity contribution in [1.29, 1.82) is 0 Å². The van der Waals surface area contributed by atoms with E-state index >= 15 is 0 Å². The molecule has 0 bridgehead atoms. The zero-order chi connectivity index (χ0) is 18.7. The Bertz CT molecular complexity index is 1010. The van der Waals surface area contributed by atoms with Gasteiger partial charge in [-0.2, -0.15) is 0 Å². The molecule has 1 heterocycles. The predicted octanol–water partition coefficient (Wildman–Crippen LogP) is 4.53. The summed E-state index contributed by atoms with van der Waals surface area (Å²) in [4.78, 5) is 25.2. The zero-order valence-electron chi connectivity index (χ0n) is 14.6. The van der Waals surface area contributed by atoms with Crippen molar-refractivity contribution >= 4 is 27.5 Å². The highest BCUT2D eigenvalue weighted by Crippen LogP contribution is 2.15. The van der Waals surface area contributed by atoms with Crippen LogP contribution in [-0.4, -0.2) is 10.5 Å². The number of aryl methyl sites for hydroxylation is 2. The summed E-state index contributed by atoms with van der Waals surface area (Å²) >= 11 is 3.40. The van der Waals surface area contributed by atoms with Gasteiger partial charge in [-0.1, -0.05) is 34.1 Å². The van der Waals surface area contributed by atoms with Gasteiger partial charge in [0, 0.05) is 16.4 Å². The molecule has 0 unspecified atom stereocenters. The largest absolute Gasteiger partial charge is 0.322 e.